The van der Waals surface area contributed by atoms with Crippen LogP contribution in [0.3, 0.4) is 0 Å². The first-order valence-corrected chi connectivity index (χ1v) is 7.71. The third-order valence-corrected chi connectivity index (χ3v) is 4.67. The summed E-state index contributed by atoms with van der Waals surface area (Å²) in [6.45, 7) is 0. The third-order valence-electron chi connectivity index (χ3n) is 3.95. The van der Waals surface area contributed by atoms with Crippen LogP contribution in [0.4, 0.5) is 5.69 Å². The van der Waals surface area contributed by atoms with E-state index in [1.165, 1.54) is 22.9 Å². The van der Waals surface area contributed by atoms with Crippen LogP contribution in [0.25, 0.3) is 0 Å². The zero-order chi connectivity index (χ0) is 13.9. The smallest absolute Gasteiger partial charge is 0.141 e. The number of hydrogen-bond acceptors (Lipinski definition) is 2. The predicted octanol–water partition coefficient (Wildman–Crippen LogP) is 4.82. The lowest BCUT2D eigenvalue weighted by Gasteiger charge is -2.37. The molecule has 0 bridgehead atoms. The van der Waals surface area contributed by atoms with Crippen LogP contribution in [-0.2, 0) is 0 Å². The number of nitrogens with one attached hydrogen (secondary N) is 1. The van der Waals surface area contributed by atoms with Gasteiger partial charge in [-0.3, -0.25) is 0 Å². The number of para-hydroxylation sites is 2. The first kappa shape index (κ1) is 13.5. The SMILES string of the molecule is COc1ccccc1NC1CC(c2ccccc2Br)C1. The molecule has 3 heteroatoms. The highest BCUT2D eigenvalue weighted by atomic mass is 79.9. The highest BCUT2D eigenvalue weighted by molar-refractivity contribution is 9.10. The van der Waals surface area contributed by atoms with Gasteiger partial charge in [0.1, 0.15) is 5.75 Å². The summed E-state index contributed by atoms with van der Waals surface area (Å²) < 4.78 is 6.60. The minimum absolute atomic E-state index is 0.531. The van der Waals surface area contributed by atoms with Crippen molar-refractivity contribution in [2.75, 3.05) is 12.4 Å². The molecule has 0 aromatic heterocycles. The Kier molecular flexibility index (Phi) is 3.97. The lowest BCUT2D eigenvalue weighted by molar-refractivity contribution is 0.369. The van der Waals surface area contributed by atoms with Crippen molar-refractivity contribution < 1.29 is 4.74 Å². The Morgan fingerprint density at radius 1 is 1.05 bits per heavy atom. The van der Waals surface area contributed by atoms with E-state index in [-0.39, 0.29) is 0 Å². The maximum absolute atomic E-state index is 5.38. The van der Waals surface area contributed by atoms with Gasteiger partial charge < -0.3 is 10.1 Å². The van der Waals surface area contributed by atoms with E-state index in [1.54, 1.807) is 7.11 Å². The maximum atomic E-state index is 5.38. The molecule has 104 valence electrons. The lowest BCUT2D eigenvalue weighted by Crippen LogP contribution is -2.34. The Bertz CT molecular complexity index is 593. The second-order valence-electron chi connectivity index (χ2n) is 5.23. The average molecular weight is 332 g/mol. The molecule has 20 heavy (non-hydrogen) atoms. The summed E-state index contributed by atoms with van der Waals surface area (Å²) in [4.78, 5) is 0. The molecule has 0 spiro atoms. The van der Waals surface area contributed by atoms with Gasteiger partial charge in [-0.15, -0.1) is 0 Å². The van der Waals surface area contributed by atoms with Gasteiger partial charge in [0.05, 0.1) is 12.8 Å². The van der Waals surface area contributed by atoms with Crippen molar-refractivity contribution in [1.82, 2.24) is 0 Å². The molecule has 0 radical (unpaired) electrons. The van der Waals surface area contributed by atoms with Gasteiger partial charge in [-0.25, -0.2) is 0 Å². The number of benzene rings is 2. The monoisotopic (exact) mass is 331 g/mol. The first-order valence-electron chi connectivity index (χ1n) is 6.92. The van der Waals surface area contributed by atoms with Crippen LogP contribution in [0, 0.1) is 0 Å². The highest BCUT2D eigenvalue weighted by Crippen LogP contribution is 2.42. The first-order chi connectivity index (χ1) is 9.78. The highest BCUT2D eigenvalue weighted by Gasteiger charge is 2.31. The Morgan fingerprint density at radius 3 is 2.50 bits per heavy atom. The van der Waals surface area contributed by atoms with Gasteiger partial charge in [0.2, 0.25) is 0 Å². The molecule has 1 N–H and O–H groups in total. The molecule has 0 heterocycles. The van der Waals surface area contributed by atoms with Crippen molar-refractivity contribution in [3.63, 3.8) is 0 Å². The van der Waals surface area contributed by atoms with Crippen molar-refractivity contribution in [3.8, 4) is 5.75 Å². The second kappa shape index (κ2) is 5.88. The summed E-state index contributed by atoms with van der Waals surface area (Å²) in [6.07, 6.45) is 2.33. The molecule has 1 saturated carbocycles. The number of halogens is 1. The molecule has 2 aromatic carbocycles. The molecule has 2 nitrogen and oxygen atoms in total. The molecule has 1 aliphatic carbocycles. The summed E-state index contributed by atoms with van der Waals surface area (Å²) in [7, 11) is 1.71. The standard InChI is InChI=1S/C17H18BrNO/c1-20-17-9-5-4-8-16(17)19-13-10-12(11-13)14-6-2-3-7-15(14)18/h2-9,12-13,19H,10-11H2,1H3. The number of methoxy groups -OCH3 is 1. The van der Waals surface area contributed by atoms with E-state index in [0.717, 1.165) is 11.4 Å². The molecule has 1 fully saturated rings. The Balaban J connectivity index is 1.63. The van der Waals surface area contributed by atoms with Crippen molar-refractivity contribution in [3.05, 3.63) is 58.6 Å². The Morgan fingerprint density at radius 2 is 1.75 bits per heavy atom. The van der Waals surface area contributed by atoms with E-state index in [9.17, 15) is 0 Å². The molecule has 0 unspecified atom stereocenters. The number of rotatable bonds is 4. The van der Waals surface area contributed by atoms with Crippen LogP contribution in [-0.4, -0.2) is 13.2 Å². The van der Waals surface area contributed by atoms with Crippen LogP contribution >= 0.6 is 15.9 Å². The topological polar surface area (TPSA) is 21.3 Å². The second-order valence-corrected chi connectivity index (χ2v) is 6.09. The molecular weight excluding hydrogens is 314 g/mol. The van der Waals surface area contributed by atoms with Crippen molar-refractivity contribution in [2.45, 2.75) is 24.8 Å². The van der Waals surface area contributed by atoms with Gasteiger partial charge in [0.15, 0.2) is 0 Å². The molecule has 0 atom stereocenters. The summed E-state index contributed by atoms with van der Waals surface area (Å²) in [6, 6.07) is 17.1. The fourth-order valence-electron chi connectivity index (χ4n) is 2.78. The minimum atomic E-state index is 0.531. The van der Waals surface area contributed by atoms with Crippen LogP contribution in [0.1, 0.15) is 24.3 Å². The fourth-order valence-corrected chi connectivity index (χ4v) is 3.39. The molecular formula is C17H18BrNO. The number of ether oxygens (including phenoxy) is 1. The summed E-state index contributed by atoms with van der Waals surface area (Å²) in [5, 5.41) is 3.58. The summed E-state index contributed by atoms with van der Waals surface area (Å²) in [5.74, 6) is 1.56. The minimum Gasteiger partial charge on any atom is -0.495 e. The third kappa shape index (κ3) is 2.68. The van der Waals surface area contributed by atoms with E-state index >= 15 is 0 Å². The normalized spacial score (nSPS) is 21.1. The number of anilines is 1. The van der Waals surface area contributed by atoms with E-state index in [1.807, 2.05) is 18.2 Å². The van der Waals surface area contributed by atoms with Gasteiger partial charge in [-0.1, -0.05) is 46.3 Å². The molecule has 2 aromatic rings. The van der Waals surface area contributed by atoms with Crippen molar-refractivity contribution in [2.24, 2.45) is 0 Å². The fraction of sp³-hybridized carbons (Fsp3) is 0.294. The maximum Gasteiger partial charge on any atom is 0.141 e. The van der Waals surface area contributed by atoms with E-state index in [0.29, 0.717) is 12.0 Å². The van der Waals surface area contributed by atoms with Crippen molar-refractivity contribution in [1.29, 1.82) is 0 Å². The average Bonchev–Trinajstić information content (AvgIpc) is 2.44. The van der Waals surface area contributed by atoms with Crippen LogP contribution in [0.2, 0.25) is 0 Å². The van der Waals surface area contributed by atoms with E-state index in [2.05, 4.69) is 51.6 Å². The molecule has 0 amide bonds. The summed E-state index contributed by atoms with van der Waals surface area (Å²) >= 11 is 3.64. The van der Waals surface area contributed by atoms with E-state index in [4.69, 9.17) is 4.74 Å². The Hall–Kier alpha value is -1.48. The predicted molar refractivity (Wildman–Crippen MR) is 86.5 cm³/mol. The van der Waals surface area contributed by atoms with Crippen LogP contribution < -0.4 is 10.1 Å². The van der Waals surface area contributed by atoms with Crippen molar-refractivity contribution >= 4 is 21.6 Å². The van der Waals surface area contributed by atoms with Crippen LogP contribution in [0.5, 0.6) is 5.75 Å². The van der Waals surface area contributed by atoms with Gasteiger partial charge >= 0.3 is 0 Å². The van der Waals surface area contributed by atoms with E-state index < -0.39 is 0 Å². The summed E-state index contributed by atoms with van der Waals surface area (Å²) in [5.41, 5.74) is 2.51. The van der Waals surface area contributed by atoms with Crippen LogP contribution in [0.15, 0.2) is 53.0 Å². The van der Waals surface area contributed by atoms with Gasteiger partial charge in [-0.05, 0) is 42.5 Å². The molecule has 1 aliphatic rings. The molecule has 3 rings (SSSR count). The number of hydrogen-bond donors (Lipinski definition) is 1. The zero-order valence-corrected chi connectivity index (χ0v) is 13.1. The zero-order valence-electron chi connectivity index (χ0n) is 11.5. The quantitative estimate of drug-likeness (QED) is 0.867. The molecule has 0 aliphatic heterocycles. The molecule has 0 saturated heterocycles. The Labute approximate surface area is 128 Å². The van der Waals surface area contributed by atoms with Gasteiger partial charge in [0, 0.05) is 10.5 Å². The lowest BCUT2D eigenvalue weighted by atomic mass is 9.76. The van der Waals surface area contributed by atoms with Gasteiger partial charge in [0.25, 0.3) is 0 Å². The largest absolute Gasteiger partial charge is 0.495 e. The van der Waals surface area contributed by atoms with Gasteiger partial charge in [-0.2, -0.15) is 0 Å².